The fourth-order valence-corrected chi connectivity index (χ4v) is 1.99. The number of methoxy groups -OCH3 is 1. The van der Waals surface area contributed by atoms with Crippen molar-refractivity contribution in [1.29, 1.82) is 0 Å². The van der Waals surface area contributed by atoms with Crippen LogP contribution in [0.3, 0.4) is 0 Å². The number of ether oxygens (including phenoxy) is 1. The fraction of sp³-hybridized carbons (Fsp3) is 0.923. The van der Waals surface area contributed by atoms with Crippen LogP contribution in [0.2, 0.25) is 0 Å². The maximum atomic E-state index is 11.9. The number of rotatable bonds is 6. The van der Waals surface area contributed by atoms with Gasteiger partial charge in [0.1, 0.15) is 0 Å². The van der Waals surface area contributed by atoms with E-state index in [1.807, 2.05) is 0 Å². The Morgan fingerprint density at radius 1 is 1.47 bits per heavy atom. The number of carbonyl (C=O) groups is 1. The second kappa shape index (κ2) is 6.97. The topological polar surface area (TPSA) is 50.4 Å². The SMILES string of the molecule is COCCC(C)(C)CNC(=O)C1CCCCN1. The van der Waals surface area contributed by atoms with Crippen molar-refractivity contribution < 1.29 is 9.53 Å². The summed E-state index contributed by atoms with van der Waals surface area (Å²) in [5.41, 5.74) is 0.0976. The van der Waals surface area contributed by atoms with Crippen LogP contribution in [0, 0.1) is 5.41 Å². The third kappa shape index (κ3) is 5.50. The van der Waals surface area contributed by atoms with Gasteiger partial charge in [0.15, 0.2) is 0 Å². The van der Waals surface area contributed by atoms with Crippen molar-refractivity contribution in [3.8, 4) is 0 Å². The molecule has 4 nitrogen and oxygen atoms in total. The molecule has 2 N–H and O–H groups in total. The lowest BCUT2D eigenvalue weighted by atomic mass is 9.89. The van der Waals surface area contributed by atoms with Crippen molar-refractivity contribution in [1.82, 2.24) is 10.6 Å². The molecule has 1 aliphatic rings. The number of amides is 1. The van der Waals surface area contributed by atoms with E-state index in [0.717, 1.165) is 32.4 Å². The van der Waals surface area contributed by atoms with Crippen LogP contribution < -0.4 is 10.6 Å². The minimum atomic E-state index is 0.0157. The molecule has 0 radical (unpaired) electrons. The summed E-state index contributed by atoms with van der Waals surface area (Å²) in [5, 5.41) is 6.31. The molecule has 0 aromatic carbocycles. The molecule has 4 heteroatoms. The molecule has 0 aromatic heterocycles. The van der Waals surface area contributed by atoms with Gasteiger partial charge in [-0.2, -0.15) is 0 Å². The standard InChI is InChI=1S/C13H26N2O2/c1-13(2,7-9-17-3)10-15-12(16)11-6-4-5-8-14-11/h11,14H,4-10H2,1-3H3,(H,15,16). The molecule has 0 aliphatic carbocycles. The van der Waals surface area contributed by atoms with Crippen LogP contribution in [0.1, 0.15) is 39.5 Å². The second-order valence-corrected chi connectivity index (χ2v) is 5.63. The average Bonchev–Trinajstić information content (AvgIpc) is 2.35. The maximum absolute atomic E-state index is 11.9. The molecule has 1 unspecified atom stereocenters. The average molecular weight is 242 g/mol. The quantitative estimate of drug-likeness (QED) is 0.738. The second-order valence-electron chi connectivity index (χ2n) is 5.63. The van der Waals surface area contributed by atoms with Crippen LogP contribution in [-0.2, 0) is 9.53 Å². The molecule has 100 valence electrons. The third-order valence-electron chi connectivity index (χ3n) is 3.35. The number of carbonyl (C=O) groups excluding carboxylic acids is 1. The molecule has 0 aromatic rings. The Kier molecular flexibility index (Phi) is 5.92. The van der Waals surface area contributed by atoms with Crippen molar-refractivity contribution in [3.05, 3.63) is 0 Å². The summed E-state index contributed by atoms with van der Waals surface area (Å²) < 4.78 is 5.08. The highest BCUT2D eigenvalue weighted by Crippen LogP contribution is 2.19. The Morgan fingerprint density at radius 2 is 2.24 bits per heavy atom. The molecule has 17 heavy (non-hydrogen) atoms. The zero-order valence-corrected chi connectivity index (χ0v) is 11.3. The Labute approximate surface area is 104 Å². The van der Waals surface area contributed by atoms with Crippen LogP contribution in [0.15, 0.2) is 0 Å². The van der Waals surface area contributed by atoms with Crippen LogP contribution in [0.4, 0.5) is 0 Å². The van der Waals surface area contributed by atoms with Gasteiger partial charge in [-0.3, -0.25) is 4.79 Å². The van der Waals surface area contributed by atoms with E-state index in [9.17, 15) is 4.79 Å². The van der Waals surface area contributed by atoms with Crippen LogP contribution in [0.5, 0.6) is 0 Å². The van der Waals surface area contributed by atoms with E-state index < -0.39 is 0 Å². The predicted molar refractivity (Wildman–Crippen MR) is 68.9 cm³/mol. The van der Waals surface area contributed by atoms with E-state index >= 15 is 0 Å². The van der Waals surface area contributed by atoms with Gasteiger partial charge in [-0.05, 0) is 31.2 Å². The highest BCUT2D eigenvalue weighted by atomic mass is 16.5. The summed E-state index contributed by atoms with van der Waals surface area (Å²) >= 11 is 0. The first kappa shape index (κ1) is 14.5. The summed E-state index contributed by atoms with van der Waals surface area (Å²) in [6.45, 7) is 6.73. The van der Waals surface area contributed by atoms with Crippen molar-refractivity contribution in [3.63, 3.8) is 0 Å². The highest BCUT2D eigenvalue weighted by Gasteiger charge is 2.23. The van der Waals surface area contributed by atoms with E-state index in [2.05, 4.69) is 24.5 Å². The van der Waals surface area contributed by atoms with Gasteiger partial charge in [0.05, 0.1) is 6.04 Å². The van der Waals surface area contributed by atoms with E-state index in [1.165, 1.54) is 6.42 Å². The van der Waals surface area contributed by atoms with Gasteiger partial charge in [-0.25, -0.2) is 0 Å². The normalized spacial score (nSPS) is 21.2. The van der Waals surface area contributed by atoms with Crippen molar-refractivity contribution >= 4 is 5.91 Å². The zero-order chi connectivity index (χ0) is 12.7. The molecule has 1 aliphatic heterocycles. The number of hydrogen-bond acceptors (Lipinski definition) is 3. The minimum Gasteiger partial charge on any atom is -0.385 e. The van der Waals surface area contributed by atoms with Gasteiger partial charge < -0.3 is 15.4 Å². The molecular weight excluding hydrogens is 216 g/mol. The molecule has 1 heterocycles. The lowest BCUT2D eigenvalue weighted by molar-refractivity contribution is -0.124. The molecule has 1 rings (SSSR count). The number of nitrogens with one attached hydrogen (secondary N) is 2. The monoisotopic (exact) mass is 242 g/mol. The molecule has 1 amide bonds. The largest absolute Gasteiger partial charge is 0.385 e. The van der Waals surface area contributed by atoms with Crippen molar-refractivity contribution in [2.24, 2.45) is 5.41 Å². The first-order valence-corrected chi connectivity index (χ1v) is 6.55. The zero-order valence-electron chi connectivity index (χ0n) is 11.3. The van der Waals surface area contributed by atoms with Crippen LogP contribution in [-0.4, -0.2) is 38.8 Å². The van der Waals surface area contributed by atoms with Gasteiger partial charge in [-0.15, -0.1) is 0 Å². The lowest BCUT2D eigenvalue weighted by Gasteiger charge is -2.27. The molecule has 0 bridgehead atoms. The highest BCUT2D eigenvalue weighted by molar-refractivity contribution is 5.81. The van der Waals surface area contributed by atoms with E-state index in [1.54, 1.807) is 7.11 Å². The van der Waals surface area contributed by atoms with E-state index in [0.29, 0.717) is 6.54 Å². The van der Waals surface area contributed by atoms with E-state index in [4.69, 9.17) is 4.74 Å². The summed E-state index contributed by atoms with van der Waals surface area (Å²) in [5.74, 6) is 0.148. The van der Waals surface area contributed by atoms with Crippen LogP contribution in [0.25, 0.3) is 0 Å². The van der Waals surface area contributed by atoms with Gasteiger partial charge in [0, 0.05) is 20.3 Å². The van der Waals surface area contributed by atoms with Gasteiger partial charge in [0.25, 0.3) is 0 Å². The molecule has 0 spiro atoms. The Bertz CT molecular complexity index is 236. The van der Waals surface area contributed by atoms with E-state index in [-0.39, 0.29) is 17.4 Å². The van der Waals surface area contributed by atoms with Crippen molar-refractivity contribution in [2.75, 3.05) is 26.8 Å². The molecule has 0 saturated carbocycles. The summed E-state index contributed by atoms with van der Waals surface area (Å²) in [7, 11) is 1.71. The van der Waals surface area contributed by atoms with Gasteiger partial charge >= 0.3 is 0 Å². The first-order chi connectivity index (χ1) is 8.05. The predicted octanol–water partition coefficient (Wildman–Crippen LogP) is 1.31. The fourth-order valence-electron chi connectivity index (χ4n) is 1.99. The molecule has 1 atom stereocenters. The number of hydrogen-bond donors (Lipinski definition) is 2. The summed E-state index contributed by atoms with van der Waals surface area (Å²) in [6, 6.07) is 0.0157. The van der Waals surface area contributed by atoms with Gasteiger partial charge in [-0.1, -0.05) is 20.3 Å². The Morgan fingerprint density at radius 3 is 2.82 bits per heavy atom. The Hall–Kier alpha value is -0.610. The summed E-state index contributed by atoms with van der Waals surface area (Å²) in [4.78, 5) is 11.9. The molecular formula is C13H26N2O2. The smallest absolute Gasteiger partial charge is 0.237 e. The minimum absolute atomic E-state index is 0.0157. The molecule has 1 saturated heterocycles. The van der Waals surface area contributed by atoms with Crippen LogP contribution >= 0.6 is 0 Å². The first-order valence-electron chi connectivity index (χ1n) is 6.55. The Balaban J connectivity index is 2.26. The maximum Gasteiger partial charge on any atom is 0.237 e. The lowest BCUT2D eigenvalue weighted by Crippen LogP contribution is -2.48. The number of piperidine rings is 1. The molecule has 1 fully saturated rings. The van der Waals surface area contributed by atoms with Gasteiger partial charge in [0.2, 0.25) is 5.91 Å². The third-order valence-corrected chi connectivity index (χ3v) is 3.35. The van der Waals surface area contributed by atoms with Crippen molar-refractivity contribution in [2.45, 2.75) is 45.6 Å². The summed E-state index contributed by atoms with van der Waals surface area (Å²) in [6.07, 6.45) is 4.26.